The molecular weight excluding hydrogens is 276 g/mol. The van der Waals surface area contributed by atoms with Crippen LogP contribution < -0.4 is 0 Å². The first-order valence-electron chi connectivity index (χ1n) is 9.74. The van der Waals surface area contributed by atoms with Crippen molar-refractivity contribution in [3.63, 3.8) is 0 Å². The van der Waals surface area contributed by atoms with Gasteiger partial charge in [-0.2, -0.15) is 0 Å². The van der Waals surface area contributed by atoms with Gasteiger partial charge in [-0.15, -0.1) is 0 Å². The summed E-state index contributed by atoms with van der Waals surface area (Å²) in [5.41, 5.74) is 0. The predicted octanol–water partition coefficient (Wildman–Crippen LogP) is 5.20. The lowest BCUT2D eigenvalue weighted by molar-refractivity contribution is -0.0701. The number of unbranched alkanes of at least 4 members (excludes halogenated alkanes) is 12. The maximum atomic E-state index is 8.96. The highest BCUT2D eigenvalue weighted by Gasteiger charge is 2.24. The summed E-state index contributed by atoms with van der Waals surface area (Å²) in [7, 11) is 0. The second-order valence-electron chi connectivity index (χ2n) is 6.73. The summed E-state index contributed by atoms with van der Waals surface area (Å²) in [6.45, 7) is 2.91. The molecule has 22 heavy (non-hydrogen) atoms. The van der Waals surface area contributed by atoms with Crippen LogP contribution in [-0.2, 0) is 9.47 Å². The molecule has 1 saturated heterocycles. The van der Waals surface area contributed by atoms with Gasteiger partial charge in [0.2, 0.25) is 0 Å². The lowest BCUT2D eigenvalue weighted by Gasteiger charge is -2.09. The van der Waals surface area contributed by atoms with E-state index in [1.807, 2.05) is 0 Å². The van der Waals surface area contributed by atoms with E-state index in [2.05, 4.69) is 6.92 Å². The monoisotopic (exact) mass is 314 g/mol. The fraction of sp³-hybridized carbons (Fsp3) is 1.00. The minimum Gasteiger partial charge on any atom is -0.394 e. The van der Waals surface area contributed by atoms with E-state index < -0.39 is 0 Å². The van der Waals surface area contributed by atoms with Crippen molar-refractivity contribution >= 4 is 0 Å². The van der Waals surface area contributed by atoms with Crippen molar-refractivity contribution in [1.29, 1.82) is 0 Å². The first-order chi connectivity index (χ1) is 10.9. The van der Waals surface area contributed by atoms with E-state index in [0.717, 1.165) is 6.42 Å². The maximum Gasteiger partial charge on any atom is 0.158 e. The molecule has 3 heteroatoms. The number of aliphatic hydroxyl groups excluding tert-OH is 1. The Kier molecular flexibility index (Phi) is 13.1. The van der Waals surface area contributed by atoms with Gasteiger partial charge in [0.15, 0.2) is 6.29 Å². The molecule has 2 atom stereocenters. The highest BCUT2D eigenvalue weighted by molar-refractivity contribution is 4.64. The molecule has 0 radical (unpaired) electrons. The highest BCUT2D eigenvalue weighted by atomic mass is 16.7. The average molecular weight is 315 g/mol. The quantitative estimate of drug-likeness (QED) is 0.422. The lowest BCUT2D eigenvalue weighted by Crippen LogP contribution is -2.16. The Morgan fingerprint density at radius 2 is 1.27 bits per heavy atom. The van der Waals surface area contributed by atoms with Gasteiger partial charge in [0, 0.05) is 0 Å². The van der Waals surface area contributed by atoms with Crippen molar-refractivity contribution in [2.24, 2.45) is 0 Å². The molecule has 0 aromatic heterocycles. The van der Waals surface area contributed by atoms with Crippen molar-refractivity contribution in [3.05, 3.63) is 0 Å². The lowest BCUT2D eigenvalue weighted by atomic mass is 10.0. The van der Waals surface area contributed by atoms with Crippen molar-refractivity contribution in [3.8, 4) is 0 Å². The van der Waals surface area contributed by atoms with Crippen LogP contribution in [0.15, 0.2) is 0 Å². The molecule has 3 nitrogen and oxygen atoms in total. The fourth-order valence-electron chi connectivity index (χ4n) is 3.08. The first kappa shape index (κ1) is 19.9. The van der Waals surface area contributed by atoms with Gasteiger partial charge < -0.3 is 14.6 Å². The van der Waals surface area contributed by atoms with E-state index in [1.165, 1.54) is 83.5 Å². The molecule has 2 unspecified atom stereocenters. The third-order valence-corrected chi connectivity index (χ3v) is 4.56. The Labute approximate surface area is 137 Å². The largest absolute Gasteiger partial charge is 0.394 e. The number of rotatable bonds is 15. The Bertz CT molecular complexity index is 233. The second-order valence-corrected chi connectivity index (χ2v) is 6.73. The van der Waals surface area contributed by atoms with Crippen LogP contribution in [0.5, 0.6) is 0 Å². The van der Waals surface area contributed by atoms with Gasteiger partial charge in [-0.3, -0.25) is 0 Å². The number of aliphatic hydroxyl groups is 1. The van der Waals surface area contributed by atoms with E-state index in [-0.39, 0.29) is 19.0 Å². The molecule has 1 fully saturated rings. The molecule has 1 N–H and O–H groups in total. The topological polar surface area (TPSA) is 38.7 Å². The molecule has 0 aromatic carbocycles. The van der Waals surface area contributed by atoms with E-state index in [0.29, 0.717) is 6.61 Å². The standard InChI is InChI=1S/C19H38O3/c1-2-3-4-5-6-7-8-9-10-11-12-13-14-15-19-21-17-18(16-20)22-19/h18-20H,2-17H2,1H3. The van der Waals surface area contributed by atoms with Crippen molar-refractivity contribution < 1.29 is 14.6 Å². The van der Waals surface area contributed by atoms with Crippen LogP contribution in [0.1, 0.15) is 96.8 Å². The van der Waals surface area contributed by atoms with E-state index in [1.54, 1.807) is 0 Å². The fourth-order valence-corrected chi connectivity index (χ4v) is 3.08. The zero-order valence-electron chi connectivity index (χ0n) is 14.7. The molecule has 1 rings (SSSR count). The third-order valence-electron chi connectivity index (χ3n) is 4.56. The zero-order valence-corrected chi connectivity index (χ0v) is 14.7. The molecule has 1 aliphatic rings. The molecule has 0 aromatic rings. The summed E-state index contributed by atoms with van der Waals surface area (Å²) in [5.74, 6) is 0. The summed E-state index contributed by atoms with van der Waals surface area (Å²) < 4.78 is 11.0. The Morgan fingerprint density at radius 3 is 1.73 bits per heavy atom. The Balaban J connectivity index is 1.72. The van der Waals surface area contributed by atoms with Crippen molar-refractivity contribution in [2.75, 3.05) is 13.2 Å². The Hall–Kier alpha value is -0.120. The summed E-state index contributed by atoms with van der Waals surface area (Å²) in [6.07, 6.45) is 18.8. The van der Waals surface area contributed by atoms with Crippen LogP contribution in [0.4, 0.5) is 0 Å². The van der Waals surface area contributed by atoms with Gasteiger partial charge >= 0.3 is 0 Å². The van der Waals surface area contributed by atoms with E-state index in [9.17, 15) is 0 Å². The van der Waals surface area contributed by atoms with Gasteiger partial charge in [-0.1, -0.05) is 84.0 Å². The maximum absolute atomic E-state index is 8.96. The van der Waals surface area contributed by atoms with Crippen LogP contribution >= 0.6 is 0 Å². The van der Waals surface area contributed by atoms with Gasteiger partial charge in [-0.05, 0) is 12.8 Å². The van der Waals surface area contributed by atoms with Crippen molar-refractivity contribution in [1.82, 2.24) is 0 Å². The van der Waals surface area contributed by atoms with Gasteiger partial charge in [0.25, 0.3) is 0 Å². The highest BCUT2D eigenvalue weighted by Crippen LogP contribution is 2.18. The van der Waals surface area contributed by atoms with Gasteiger partial charge in [0.05, 0.1) is 13.2 Å². The molecule has 0 saturated carbocycles. The molecule has 0 bridgehead atoms. The van der Waals surface area contributed by atoms with E-state index in [4.69, 9.17) is 14.6 Å². The van der Waals surface area contributed by atoms with Crippen LogP contribution in [0.3, 0.4) is 0 Å². The summed E-state index contributed by atoms with van der Waals surface area (Å²) in [4.78, 5) is 0. The SMILES string of the molecule is CCCCCCCCCCCCCCCC1OCC(CO)O1. The second kappa shape index (κ2) is 14.5. The number of ether oxygens (including phenoxy) is 2. The minimum atomic E-state index is -0.0908. The van der Waals surface area contributed by atoms with E-state index >= 15 is 0 Å². The third kappa shape index (κ3) is 10.6. The minimum absolute atomic E-state index is 0.0649. The smallest absolute Gasteiger partial charge is 0.158 e. The molecule has 1 aliphatic heterocycles. The van der Waals surface area contributed by atoms with Crippen LogP contribution in [0, 0.1) is 0 Å². The predicted molar refractivity (Wildman–Crippen MR) is 92.0 cm³/mol. The number of hydrogen-bond acceptors (Lipinski definition) is 3. The van der Waals surface area contributed by atoms with Crippen LogP contribution in [-0.4, -0.2) is 30.7 Å². The average Bonchev–Trinajstić information content (AvgIpc) is 3.00. The van der Waals surface area contributed by atoms with Crippen LogP contribution in [0.25, 0.3) is 0 Å². The van der Waals surface area contributed by atoms with Gasteiger partial charge in [0.1, 0.15) is 6.10 Å². The van der Waals surface area contributed by atoms with Crippen molar-refractivity contribution in [2.45, 2.75) is 109 Å². The molecular formula is C19H38O3. The molecule has 0 spiro atoms. The summed E-state index contributed by atoms with van der Waals surface area (Å²) >= 11 is 0. The summed E-state index contributed by atoms with van der Waals surface area (Å²) in [5, 5.41) is 8.96. The molecule has 0 amide bonds. The molecule has 1 heterocycles. The zero-order chi connectivity index (χ0) is 15.9. The first-order valence-corrected chi connectivity index (χ1v) is 9.74. The van der Waals surface area contributed by atoms with Gasteiger partial charge in [-0.25, -0.2) is 0 Å². The van der Waals surface area contributed by atoms with Crippen LogP contribution in [0.2, 0.25) is 0 Å². The molecule has 132 valence electrons. The Morgan fingerprint density at radius 1 is 0.773 bits per heavy atom. The number of hydrogen-bond donors (Lipinski definition) is 1. The normalized spacial score (nSPS) is 21.5. The summed E-state index contributed by atoms with van der Waals surface area (Å²) in [6, 6.07) is 0. The molecule has 0 aliphatic carbocycles.